The molecule has 3 fully saturated rings. The molecule has 1 saturated carbocycles. The molecule has 3 amide bonds. The fourth-order valence-corrected chi connectivity index (χ4v) is 12.9. The van der Waals surface area contributed by atoms with Crippen molar-refractivity contribution in [3.05, 3.63) is 89.5 Å². The van der Waals surface area contributed by atoms with Gasteiger partial charge in [-0.15, -0.1) is 0 Å². The first-order valence-corrected chi connectivity index (χ1v) is 18.1. The van der Waals surface area contributed by atoms with E-state index in [1.807, 2.05) is 48.5 Å². The topological polar surface area (TPSA) is 123 Å². The third-order valence-corrected chi connectivity index (χ3v) is 15.5. The molecule has 6 rings (SSSR count). The van der Waals surface area contributed by atoms with E-state index in [9.17, 15) is 24.6 Å². The van der Waals surface area contributed by atoms with Gasteiger partial charge in [0.1, 0.15) is 5.75 Å². The minimum atomic E-state index is -3.04. The Morgan fingerprint density at radius 3 is 2.02 bits per heavy atom. The molecular weight excluding hydrogens is 614 g/mol. The van der Waals surface area contributed by atoms with E-state index in [1.165, 1.54) is 0 Å². The van der Waals surface area contributed by atoms with E-state index < -0.39 is 61.8 Å². The molecule has 0 unspecified atom stereocenters. The zero-order chi connectivity index (χ0) is 33.9. The highest BCUT2D eigenvalue weighted by Gasteiger charge is 2.68. The lowest BCUT2D eigenvalue weighted by atomic mass is 9.64. The van der Waals surface area contributed by atoms with Gasteiger partial charge in [-0.1, -0.05) is 81.4 Å². The van der Waals surface area contributed by atoms with E-state index in [0.717, 1.165) is 23.0 Å². The highest BCUT2D eigenvalue weighted by molar-refractivity contribution is 6.99. The van der Waals surface area contributed by atoms with E-state index in [-0.39, 0.29) is 30.2 Å². The summed E-state index contributed by atoms with van der Waals surface area (Å²) in [6.45, 7) is 10.2. The second kappa shape index (κ2) is 12.0. The Morgan fingerprint density at radius 1 is 0.957 bits per heavy atom. The number of fused-ring (bicyclic) bond motifs is 3. The first-order valence-electron chi connectivity index (χ1n) is 16.2. The molecule has 1 aliphatic carbocycles. The van der Waals surface area contributed by atoms with E-state index in [2.05, 4.69) is 45.0 Å². The van der Waals surface area contributed by atoms with Gasteiger partial charge in [-0.25, -0.2) is 4.79 Å². The average molecular weight is 658 g/mol. The van der Waals surface area contributed by atoms with Crippen molar-refractivity contribution < 1.29 is 38.5 Å². The van der Waals surface area contributed by atoms with Gasteiger partial charge in [-0.05, 0) is 70.9 Å². The van der Waals surface area contributed by atoms with Gasteiger partial charge in [0.05, 0.1) is 25.0 Å². The van der Waals surface area contributed by atoms with Crippen LogP contribution < -0.4 is 10.4 Å². The van der Waals surface area contributed by atoms with Gasteiger partial charge in [-0.3, -0.25) is 9.59 Å². The molecule has 2 N–H and O–H groups in total. The predicted octanol–water partition coefficient (Wildman–Crippen LogP) is 4.74. The van der Waals surface area contributed by atoms with E-state index in [0.29, 0.717) is 16.0 Å². The number of likely N-dealkylation sites (tertiary alicyclic amines) is 1. The minimum Gasteiger partial charge on any atom is -0.507 e. The zero-order valence-corrected chi connectivity index (χ0v) is 28.7. The summed E-state index contributed by atoms with van der Waals surface area (Å²) in [5.74, 6) is -6.24. The van der Waals surface area contributed by atoms with Crippen molar-refractivity contribution in [2.75, 3.05) is 13.7 Å². The molecule has 2 aliphatic heterocycles. The Hall–Kier alpha value is -3.83. The van der Waals surface area contributed by atoms with Gasteiger partial charge >= 0.3 is 6.09 Å². The van der Waals surface area contributed by atoms with Crippen molar-refractivity contribution in [3.63, 3.8) is 0 Å². The van der Waals surface area contributed by atoms with Crippen LogP contribution in [0.5, 0.6) is 5.75 Å². The molecule has 3 aromatic carbocycles. The normalized spacial score (nSPS) is 27.5. The maximum Gasteiger partial charge on any atom is 0.423 e. The lowest BCUT2D eigenvalue weighted by Crippen LogP contribution is -2.67. The molecule has 248 valence electrons. The van der Waals surface area contributed by atoms with E-state index in [1.54, 1.807) is 13.8 Å². The van der Waals surface area contributed by atoms with Crippen LogP contribution in [-0.4, -0.2) is 60.8 Å². The molecule has 2 saturated heterocycles. The van der Waals surface area contributed by atoms with Gasteiger partial charge in [0.2, 0.25) is 11.8 Å². The first-order chi connectivity index (χ1) is 22.2. The van der Waals surface area contributed by atoms with Gasteiger partial charge in [0.15, 0.2) is 5.79 Å². The molecule has 10 heteroatoms. The smallest absolute Gasteiger partial charge is 0.423 e. The molecule has 3 aromatic rings. The summed E-state index contributed by atoms with van der Waals surface area (Å²) in [7, 11) is -1.91. The summed E-state index contributed by atoms with van der Waals surface area (Å²) in [4.78, 5) is 40.6. The zero-order valence-electron chi connectivity index (χ0n) is 27.7. The summed E-state index contributed by atoms with van der Waals surface area (Å²) in [5.41, 5.74) is 2.09. The van der Waals surface area contributed by atoms with Crippen molar-refractivity contribution in [3.8, 4) is 5.75 Å². The van der Waals surface area contributed by atoms with E-state index in [4.69, 9.17) is 13.9 Å². The molecule has 3 aliphatic rings. The number of imide groups is 3. The second-order valence-corrected chi connectivity index (χ2v) is 18.5. The number of amides is 3. The summed E-state index contributed by atoms with van der Waals surface area (Å²) in [6.07, 6.45) is -1.31. The minimum absolute atomic E-state index is 0.0591. The number of aromatic hydroxyl groups is 1. The van der Waals surface area contributed by atoms with Crippen LogP contribution >= 0.6 is 0 Å². The highest BCUT2D eigenvalue weighted by atomic mass is 28.4. The van der Waals surface area contributed by atoms with Crippen LogP contribution in [-0.2, 0) is 23.5 Å². The lowest BCUT2D eigenvalue weighted by molar-refractivity contribution is -0.273. The SMILES string of the molecule is COC(=O)N1C(=O)[C@H]2[C@H](C[C@H](CO[Si](c3ccccc3)(c3ccccc3)C(C)(C)C)[C@@]3(O)O[C@H](c4cc(C)c(O)c(C)c4)C[C@@H]23)C1=O. The number of hydrogen-bond acceptors (Lipinski definition) is 8. The number of carbonyl (C=O) groups is 3. The Kier molecular flexibility index (Phi) is 8.45. The van der Waals surface area contributed by atoms with Crippen molar-refractivity contribution >= 4 is 36.6 Å². The Balaban J connectivity index is 1.44. The number of phenols is 1. The molecule has 2 heterocycles. The molecular formula is C37H43NO8Si. The maximum atomic E-state index is 13.7. The predicted molar refractivity (Wildman–Crippen MR) is 177 cm³/mol. The van der Waals surface area contributed by atoms with Crippen LogP contribution in [0.3, 0.4) is 0 Å². The van der Waals surface area contributed by atoms with Crippen LogP contribution in [0.15, 0.2) is 72.8 Å². The second-order valence-electron chi connectivity index (χ2n) is 14.2. The Morgan fingerprint density at radius 2 is 1.51 bits per heavy atom. The van der Waals surface area contributed by atoms with Gasteiger partial charge in [0, 0.05) is 18.4 Å². The lowest BCUT2D eigenvalue weighted by Gasteiger charge is -2.48. The Labute approximate surface area is 276 Å². The number of aryl methyl sites for hydroxylation is 2. The first kappa shape index (κ1) is 33.1. The largest absolute Gasteiger partial charge is 0.507 e. The van der Waals surface area contributed by atoms with Gasteiger partial charge < -0.3 is 24.1 Å². The van der Waals surface area contributed by atoms with Crippen LogP contribution in [0.2, 0.25) is 5.04 Å². The Bertz CT molecular complexity index is 1630. The number of phenolic OH excluding ortho intramolecular Hbond substituents is 1. The number of hydrogen-bond donors (Lipinski definition) is 2. The number of aliphatic hydroxyl groups is 1. The number of ether oxygens (including phenoxy) is 2. The summed E-state index contributed by atoms with van der Waals surface area (Å²) >= 11 is 0. The molecule has 6 atom stereocenters. The summed E-state index contributed by atoms with van der Waals surface area (Å²) in [6, 6.07) is 23.9. The monoisotopic (exact) mass is 657 g/mol. The van der Waals surface area contributed by atoms with Crippen LogP contribution in [0.1, 0.15) is 56.4 Å². The van der Waals surface area contributed by atoms with Crippen molar-refractivity contribution in [1.29, 1.82) is 0 Å². The third kappa shape index (κ3) is 5.22. The summed E-state index contributed by atoms with van der Waals surface area (Å²) in [5, 5.41) is 24.9. The standard InChI is InChI=1S/C37H43NO8Si/c1-22-17-24(18-23(2)32(22)39)30-20-29-31-28(33(40)38(34(31)41)35(42)44-6)19-25(37(29,43)46-30)21-45-47(36(3,4)5,26-13-9-7-10-14-26)27-15-11-8-12-16-27/h7-18,25,28-31,39,43H,19-21H2,1-6H3/t25-,28+,29+,30+,31+,37-/m1/s1. The maximum absolute atomic E-state index is 13.7. The number of nitrogens with zero attached hydrogens (tertiary/aromatic N) is 1. The van der Waals surface area contributed by atoms with Gasteiger partial charge in [-0.2, -0.15) is 4.90 Å². The average Bonchev–Trinajstić information content (AvgIpc) is 3.53. The fraction of sp³-hybridized carbons (Fsp3) is 0.432. The molecule has 0 spiro atoms. The third-order valence-electron chi connectivity index (χ3n) is 10.5. The number of benzene rings is 3. The molecule has 0 aromatic heterocycles. The number of rotatable bonds is 6. The van der Waals surface area contributed by atoms with Gasteiger partial charge in [0.25, 0.3) is 8.32 Å². The number of methoxy groups -OCH3 is 1. The van der Waals surface area contributed by atoms with Crippen LogP contribution in [0.4, 0.5) is 4.79 Å². The van der Waals surface area contributed by atoms with Crippen molar-refractivity contribution in [2.45, 2.75) is 64.4 Å². The molecule has 9 nitrogen and oxygen atoms in total. The van der Waals surface area contributed by atoms with Crippen LogP contribution in [0.25, 0.3) is 0 Å². The molecule has 0 bridgehead atoms. The van der Waals surface area contributed by atoms with Crippen molar-refractivity contribution in [1.82, 2.24) is 4.90 Å². The molecule has 0 radical (unpaired) electrons. The quantitative estimate of drug-likeness (QED) is 0.288. The fourth-order valence-electron chi connectivity index (χ4n) is 8.32. The van der Waals surface area contributed by atoms with Crippen LogP contribution in [0, 0.1) is 37.5 Å². The van der Waals surface area contributed by atoms with E-state index >= 15 is 0 Å². The highest BCUT2D eigenvalue weighted by Crippen LogP contribution is 2.58. The van der Waals surface area contributed by atoms with Crippen molar-refractivity contribution in [2.24, 2.45) is 23.7 Å². The molecule has 47 heavy (non-hydrogen) atoms. The summed E-state index contributed by atoms with van der Waals surface area (Å²) < 4.78 is 18.6. The number of carbonyl (C=O) groups excluding carboxylic acids is 3.